The normalized spacial score (nSPS) is 21.0. The van der Waals surface area contributed by atoms with Crippen LogP contribution in [0, 0.1) is 11.8 Å². The summed E-state index contributed by atoms with van der Waals surface area (Å²) in [5.41, 5.74) is 1.40. The average Bonchev–Trinajstić information content (AvgIpc) is 2.46. The van der Waals surface area contributed by atoms with Crippen LogP contribution in [0.5, 0.6) is 0 Å². The zero-order chi connectivity index (χ0) is 16.3. The number of nitrogens with one attached hydrogen (secondary N) is 1. The first kappa shape index (κ1) is 15.8. The van der Waals surface area contributed by atoms with Gasteiger partial charge in [-0.25, -0.2) is 4.79 Å². The van der Waals surface area contributed by atoms with Crippen molar-refractivity contribution in [3.8, 4) is 0 Å². The lowest BCUT2D eigenvalue weighted by Gasteiger charge is -2.26. The van der Waals surface area contributed by atoms with E-state index in [2.05, 4.69) is 10.1 Å². The molecular weight excluding hydrogens is 286 g/mol. The Morgan fingerprint density at radius 3 is 2.68 bits per heavy atom. The van der Waals surface area contributed by atoms with E-state index in [4.69, 9.17) is 5.11 Å². The zero-order valence-electron chi connectivity index (χ0n) is 12.3. The molecule has 0 heterocycles. The Kier molecular flexibility index (Phi) is 4.60. The number of methoxy groups -OCH3 is 1. The molecule has 0 spiro atoms. The van der Waals surface area contributed by atoms with Crippen molar-refractivity contribution in [2.24, 2.45) is 11.8 Å². The lowest BCUT2D eigenvalue weighted by molar-refractivity contribution is -0.150. The molecule has 6 nitrogen and oxygen atoms in total. The molecule has 22 heavy (non-hydrogen) atoms. The van der Waals surface area contributed by atoms with Gasteiger partial charge in [0.2, 0.25) is 0 Å². The fraction of sp³-hybridized carbons (Fsp3) is 0.312. The molecule has 0 saturated carbocycles. The van der Waals surface area contributed by atoms with E-state index >= 15 is 0 Å². The highest BCUT2D eigenvalue weighted by Crippen LogP contribution is 2.29. The Balaban J connectivity index is 2.18. The number of allylic oxidation sites excluding steroid dienone is 2. The third-order valence-corrected chi connectivity index (χ3v) is 3.60. The number of hydrogen-bond acceptors (Lipinski definition) is 5. The predicted molar refractivity (Wildman–Crippen MR) is 79.4 cm³/mol. The summed E-state index contributed by atoms with van der Waals surface area (Å²) in [6.45, 7) is 1.81. The van der Waals surface area contributed by atoms with Gasteiger partial charge in [0.1, 0.15) is 5.92 Å². The minimum absolute atomic E-state index is 0.160. The van der Waals surface area contributed by atoms with E-state index < -0.39 is 17.9 Å². The Bertz CT molecular complexity index is 650. The minimum Gasteiger partial charge on any atom is -0.478 e. The predicted octanol–water partition coefficient (Wildman–Crippen LogP) is 2.08. The van der Waals surface area contributed by atoms with Crippen molar-refractivity contribution >= 4 is 23.4 Å². The van der Waals surface area contributed by atoms with Crippen molar-refractivity contribution in [1.29, 1.82) is 0 Å². The van der Waals surface area contributed by atoms with Crippen molar-refractivity contribution in [3.05, 3.63) is 41.6 Å². The monoisotopic (exact) mass is 303 g/mol. The maximum absolute atomic E-state index is 12.1. The summed E-state index contributed by atoms with van der Waals surface area (Å²) in [5, 5.41) is 12.0. The topological polar surface area (TPSA) is 92.7 Å². The Labute approximate surface area is 127 Å². The van der Waals surface area contributed by atoms with Gasteiger partial charge in [-0.15, -0.1) is 0 Å². The van der Waals surface area contributed by atoms with Crippen LogP contribution in [0.2, 0.25) is 0 Å². The van der Waals surface area contributed by atoms with Crippen molar-refractivity contribution < 1.29 is 24.2 Å². The molecule has 2 atom stereocenters. The van der Waals surface area contributed by atoms with Crippen LogP contribution < -0.4 is 5.32 Å². The number of ketones is 1. The van der Waals surface area contributed by atoms with Crippen LogP contribution in [0.15, 0.2) is 36.0 Å². The molecule has 0 bridgehead atoms. The van der Waals surface area contributed by atoms with E-state index in [0.717, 1.165) is 0 Å². The third kappa shape index (κ3) is 3.33. The summed E-state index contributed by atoms with van der Waals surface area (Å²) in [6, 6.07) is 6.32. The molecule has 2 rings (SSSR count). The van der Waals surface area contributed by atoms with E-state index in [-0.39, 0.29) is 17.3 Å². The molecule has 2 N–H and O–H groups in total. The van der Waals surface area contributed by atoms with Crippen LogP contribution >= 0.6 is 0 Å². The molecule has 0 aliphatic heterocycles. The van der Waals surface area contributed by atoms with Gasteiger partial charge in [0, 0.05) is 17.5 Å². The van der Waals surface area contributed by atoms with Gasteiger partial charge in [-0.2, -0.15) is 0 Å². The number of benzene rings is 1. The molecule has 116 valence electrons. The maximum Gasteiger partial charge on any atom is 0.335 e. The van der Waals surface area contributed by atoms with Gasteiger partial charge in [-0.3, -0.25) is 9.59 Å². The van der Waals surface area contributed by atoms with Gasteiger partial charge < -0.3 is 15.2 Å². The number of carboxylic acids is 1. The molecule has 1 aliphatic rings. The van der Waals surface area contributed by atoms with Crippen LogP contribution in [0.4, 0.5) is 5.69 Å². The van der Waals surface area contributed by atoms with E-state index in [1.807, 2.05) is 6.92 Å². The number of hydrogen-bond donors (Lipinski definition) is 2. The molecule has 0 aromatic heterocycles. The molecule has 0 saturated heterocycles. The van der Waals surface area contributed by atoms with Gasteiger partial charge in [-0.1, -0.05) is 13.0 Å². The molecule has 0 fully saturated rings. The second kappa shape index (κ2) is 6.43. The zero-order valence-corrected chi connectivity index (χ0v) is 12.3. The number of carboxylic acid groups (broad SMARTS) is 1. The smallest absolute Gasteiger partial charge is 0.335 e. The first-order valence-corrected chi connectivity index (χ1v) is 6.85. The van der Waals surface area contributed by atoms with Gasteiger partial charge in [0.25, 0.3) is 0 Å². The summed E-state index contributed by atoms with van der Waals surface area (Å²) >= 11 is 0. The van der Waals surface area contributed by atoms with Gasteiger partial charge >= 0.3 is 11.9 Å². The van der Waals surface area contributed by atoms with Crippen LogP contribution in [0.25, 0.3) is 0 Å². The molecule has 0 unspecified atom stereocenters. The highest BCUT2D eigenvalue weighted by atomic mass is 16.5. The third-order valence-electron chi connectivity index (χ3n) is 3.60. The van der Waals surface area contributed by atoms with Crippen molar-refractivity contribution in [1.82, 2.24) is 0 Å². The Morgan fingerprint density at radius 2 is 2.09 bits per heavy atom. The van der Waals surface area contributed by atoms with E-state index in [0.29, 0.717) is 17.8 Å². The Morgan fingerprint density at radius 1 is 1.36 bits per heavy atom. The average molecular weight is 303 g/mol. The molecule has 0 amide bonds. The summed E-state index contributed by atoms with van der Waals surface area (Å²) in [4.78, 5) is 34.6. The van der Waals surface area contributed by atoms with Gasteiger partial charge in [-0.05, 0) is 30.5 Å². The van der Waals surface area contributed by atoms with Crippen molar-refractivity contribution in [3.63, 3.8) is 0 Å². The number of carbonyl (C=O) groups is 3. The lowest BCUT2D eigenvalue weighted by Crippen LogP contribution is -2.34. The summed E-state index contributed by atoms with van der Waals surface area (Å²) < 4.78 is 4.65. The molecule has 1 aromatic carbocycles. The first-order valence-electron chi connectivity index (χ1n) is 6.85. The maximum atomic E-state index is 12.1. The fourth-order valence-corrected chi connectivity index (χ4v) is 2.54. The number of esters is 1. The number of aromatic carboxylic acids is 1. The summed E-state index contributed by atoms with van der Waals surface area (Å²) in [7, 11) is 1.26. The highest BCUT2D eigenvalue weighted by Gasteiger charge is 2.35. The minimum atomic E-state index is -1.02. The molecule has 1 aliphatic carbocycles. The highest BCUT2D eigenvalue weighted by molar-refractivity contribution is 6.06. The second-order valence-corrected chi connectivity index (χ2v) is 5.27. The van der Waals surface area contributed by atoms with E-state index in [1.54, 1.807) is 12.1 Å². The quantitative estimate of drug-likeness (QED) is 0.653. The fourth-order valence-electron chi connectivity index (χ4n) is 2.54. The number of rotatable bonds is 4. The van der Waals surface area contributed by atoms with Crippen molar-refractivity contribution in [2.45, 2.75) is 13.3 Å². The van der Waals surface area contributed by atoms with Crippen LogP contribution in [0.3, 0.4) is 0 Å². The van der Waals surface area contributed by atoms with Gasteiger partial charge in [0.05, 0.1) is 12.7 Å². The van der Waals surface area contributed by atoms with Crippen molar-refractivity contribution in [2.75, 3.05) is 12.4 Å². The number of anilines is 1. The Hall–Kier alpha value is -2.63. The number of ether oxygens (including phenoxy) is 1. The SMILES string of the molecule is COC(=O)[C@@H]1C(=O)C=C(Nc2cccc(C(=O)O)c2)C[C@H]1C. The molecule has 6 heteroatoms. The van der Waals surface area contributed by atoms with Crippen LogP contribution in [-0.4, -0.2) is 29.9 Å². The number of carbonyl (C=O) groups excluding carboxylic acids is 2. The lowest BCUT2D eigenvalue weighted by atomic mass is 9.82. The molecular formula is C16H17NO5. The van der Waals surface area contributed by atoms with E-state index in [1.165, 1.54) is 25.3 Å². The standard InChI is InChI=1S/C16H17NO5/c1-9-6-12(8-13(18)14(9)16(21)22-2)17-11-5-3-4-10(7-11)15(19)20/h3-5,7-9,14,17H,6H2,1-2H3,(H,19,20)/t9-,14+/m1/s1. The summed E-state index contributed by atoms with van der Waals surface area (Å²) in [5.74, 6) is -2.81. The van der Waals surface area contributed by atoms with Gasteiger partial charge in [0.15, 0.2) is 5.78 Å². The van der Waals surface area contributed by atoms with E-state index in [9.17, 15) is 14.4 Å². The summed E-state index contributed by atoms with van der Waals surface area (Å²) in [6.07, 6.45) is 1.89. The largest absolute Gasteiger partial charge is 0.478 e. The molecule has 1 aromatic rings. The first-order chi connectivity index (χ1) is 10.4. The molecule has 0 radical (unpaired) electrons. The van der Waals surface area contributed by atoms with Crippen LogP contribution in [0.1, 0.15) is 23.7 Å². The second-order valence-electron chi connectivity index (χ2n) is 5.27. The van der Waals surface area contributed by atoms with Crippen LogP contribution in [-0.2, 0) is 14.3 Å².